The van der Waals surface area contributed by atoms with E-state index in [-0.39, 0.29) is 18.1 Å². The molecule has 1 saturated carbocycles. The van der Waals surface area contributed by atoms with Crippen LogP contribution in [0, 0.1) is 11.8 Å². The average molecular weight is 300 g/mol. The molecule has 1 saturated heterocycles. The van der Waals surface area contributed by atoms with E-state index in [4.69, 9.17) is 18.9 Å². The van der Waals surface area contributed by atoms with Gasteiger partial charge in [-0.15, -0.1) is 0 Å². The molecule has 0 aromatic rings. The lowest BCUT2D eigenvalue weighted by Gasteiger charge is -2.17. The molecule has 1 heterocycles. The Morgan fingerprint density at radius 1 is 0.952 bits per heavy atom. The number of carbonyl (C=O) groups excluding carboxylic acids is 2. The van der Waals surface area contributed by atoms with Crippen LogP contribution >= 0.6 is 0 Å². The molecular formula is C15H24O6. The predicted octanol–water partition coefficient (Wildman–Crippen LogP) is 1.66. The van der Waals surface area contributed by atoms with Gasteiger partial charge in [0.25, 0.3) is 0 Å². The van der Waals surface area contributed by atoms with Crippen molar-refractivity contribution in [2.24, 2.45) is 11.8 Å². The minimum Gasteiger partial charge on any atom is -0.461 e. The van der Waals surface area contributed by atoms with Crippen LogP contribution in [0.5, 0.6) is 0 Å². The third-order valence-corrected chi connectivity index (χ3v) is 3.53. The maximum Gasteiger partial charge on any atom is 0.339 e. The van der Waals surface area contributed by atoms with Gasteiger partial charge in [0.05, 0.1) is 12.2 Å². The van der Waals surface area contributed by atoms with Crippen molar-refractivity contribution in [2.45, 2.75) is 71.7 Å². The first-order valence-corrected chi connectivity index (χ1v) is 7.51. The maximum absolute atomic E-state index is 12.1. The zero-order chi connectivity index (χ0) is 15.7. The van der Waals surface area contributed by atoms with Crippen molar-refractivity contribution in [3.63, 3.8) is 0 Å². The number of ether oxygens (including phenoxy) is 4. The standard InChI is InChI=1S/C15H24O6/c1-7(2)18-13(16)11-12(14(17)19-8(3)4)21-15(20-11)10-6-9(10)5/h7-12,15H,6H2,1-5H3/t9-,10-,11-,12-/m1/s1. The van der Waals surface area contributed by atoms with Crippen molar-refractivity contribution in [2.75, 3.05) is 0 Å². The van der Waals surface area contributed by atoms with Gasteiger partial charge in [0.2, 0.25) is 0 Å². The van der Waals surface area contributed by atoms with Crippen molar-refractivity contribution >= 4 is 11.9 Å². The second-order valence-electron chi connectivity index (χ2n) is 6.33. The van der Waals surface area contributed by atoms with E-state index in [1.807, 2.05) is 0 Å². The van der Waals surface area contributed by atoms with E-state index in [9.17, 15) is 9.59 Å². The normalized spacial score (nSPS) is 32.5. The molecule has 1 aliphatic carbocycles. The second kappa shape index (κ2) is 6.32. The van der Waals surface area contributed by atoms with Gasteiger partial charge in [0.1, 0.15) is 0 Å². The lowest BCUT2D eigenvalue weighted by molar-refractivity contribution is -0.167. The fraction of sp³-hybridized carbons (Fsp3) is 0.867. The Labute approximate surface area is 125 Å². The highest BCUT2D eigenvalue weighted by Gasteiger charge is 2.53. The van der Waals surface area contributed by atoms with Crippen molar-refractivity contribution < 1.29 is 28.5 Å². The molecule has 1 aliphatic heterocycles. The first-order chi connectivity index (χ1) is 9.79. The van der Waals surface area contributed by atoms with E-state index in [0.29, 0.717) is 5.92 Å². The SMILES string of the molecule is CC(C)OC(=O)[C@@H]1OC([C@@H]2C[C@H]2C)O[C@H]1C(=O)OC(C)C. The lowest BCUT2D eigenvalue weighted by atomic mass is 10.2. The molecule has 120 valence electrons. The van der Waals surface area contributed by atoms with Gasteiger partial charge in [-0.1, -0.05) is 6.92 Å². The van der Waals surface area contributed by atoms with Crippen LogP contribution in [0.15, 0.2) is 0 Å². The van der Waals surface area contributed by atoms with Crippen molar-refractivity contribution in [1.29, 1.82) is 0 Å². The van der Waals surface area contributed by atoms with Crippen LogP contribution in [0.25, 0.3) is 0 Å². The summed E-state index contributed by atoms with van der Waals surface area (Å²) in [6.07, 6.45) is -2.20. The van der Waals surface area contributed by atoms with Gasteiger partial charge in [-0.3, -0.25) is 0 Å². The van der Waals surface area contributed by atoms with Crippen LogP contribution < -0.4 is 0 Å². The zero-order valence-corrected chi connectivity index (χ0v) is 13.2. The van der Waals surface area contributed by atoms with Crippen molar-refractivity contribution in [3.05, 3.63) is 0 Å². The third kappa shape index (κ3) is 3.95. The molecule has 6 heteroatoms. The predicted molar refractivity (Wildman–Crippen MR) is 73.3 cm³/mol. The summed E-state index contributed by atoms with van der Waals surface area (Å²) >= 11 is 0. The molecule has 6 nitrogen and oxygen atoms in total. The Hall–Kier alpha value is -1.14. The van der Waals surface area contributed by atoms with E-state index >= 15 is 0 Å². The summed E-state index contributed by atoms with van der Waals surface area (Å²) in [5, 5.41) is 0. The largest absolute Gasteiger partial charge is 0.461 e. The molecule has 0 spiro atoms. The van der Waals surface area contributed by atoms with E-state index in [1.165, 1.54) is 0 Å². The number of esters is 2. The highest BCUT2D eigenvalue weighted by molar-refractivity contribution is 5.86. The van der Waals surface area contributed by atoms with Crippen LogP contribution in [-0.4, -0.2) is 42.6 Å². The molecule has 0 radical (unpaired) electrons. The van der Waals surface area contributed by atoms with Gasteiger partial charge < -0.3 is 18.9 Å². The van der Waals surface area contributed by atoms with E-state index in [1.54, 1.807) is 27.7 Å². The maximum atomic E-state index is 12.1. The third-order valence-electron chi connectivity index (χ3n) is 3.53. The van der Waals surface area contributed by atoms with Crippen molar-refractivity contribution in [1.82, 2.24) is 0 Å². The van der Waals surface area contributed by atoms with Crippen LogP contribution in [0.4, 0.5) is 0 Å². The lowest BCUT2D eigenvalue weighted by Crippen LogP contribution is -2.40. The Morgan fingerprint density at radius 2 is 1.33 bits per heavy atom. The fourth-order valence-electron chi connectivity index (χ4n) is 2.35. The summed E-state index contributed by atoms with van der Waals surface area (Å²) < 4.78 is 21.6. The molecule has 0 aromatic carbocycles. The second-order valence-corrected chi connectivity index (χ2v) is 6.33. The molecule has 2 fully saturated rings. The average Bonchev–Trinajstić information content (AvgIpc) is 2.90. The highest BCUT2D eigenvalue weighted by Crippen LogP contribution is 2.45. The monoisotopic (exact) mass is 300 g/mol. The Morgan fingerprint density at radius 3 is 1.62 bits per heavy atom. The van der Waals surface area contributed by atoms with E-state index in [2.05, 4.69) is 6.92 Å². The van der Waals surface area contributed by atoms with Crippen LogP contribution in [0.3, 0.4) is 0 Å². The fourth-order valence-corrected chi connectivity index (χ4v) is 2.35. The molecule has 4 atom stereocenters. The molecule has 2 rings (SSSR count). The molecule has 0 aromatic heterocycles. The smallest absolute Gasteiger partial charge is 0.339 e. The molecule has 0 unspecified atom stereocenters. The van der Waals surface area contributed by atoms with Crippen LogP contribution in [0.1, 0.15) is 41.0 Å². The Bertz CT molecular complexity index is 375. The van der Waals surface area contributed by atoms with E-state index < -0.39 is 30.4 Å². The minimum atomic E-state index is -1.04. The minimum absolute atomic E-state index is 0.233. The molecule has 0 N–H and O–H groups in total. The van der Waals surface area contributed by atoms with Gasteiger partial charge >= 0.3 is 11.9 Å². The molecule has 0 amide bonds. The van der Waals surface area contributed by atoms with Gasteiger partial charge in [-0.05, 0) is 40.0 Å². The van der Waals surface area contributed by atoms with Gasteiger partial charge in [0.15, 0.2) is 18.5 Å². The summed E-state index contributed by atoms with van der Waals surface area (Å²) in [7, 11) is 0. The van der Waals surface area contributed by atoms with Crippen molar-refractivity contribution in [3.8, 4) is 0 Å². The zero-order valence-electron chi connectivity index (χ0n) is 13.2. The quantitative estimate of drug-likeness (QED) is 0.719. The summed E-state index contributed by atoms with van der Waals surface area (Å²) in [5.41, 5.74) is 0. The van der Waals surface area contributed by atoms with E-state index in [0.717, 1.165) is 6.42 Å². The topological polar surface area (TPSA) is 71.1 Å². The van der Waals surface area contributed by atoms with Crippen LogP contribution in [0.2, 0.25) is 0 Å². The first-order valence-electron chi connectivity index (χ1n) is 7.51. The first kappa shape index (κ1) is 16.2. The van der Waals surface area contributed by atoms with Gasteiger partial charge in [0, 0.05) is 5.92 Å². The number of rotatable bonds is 5. The molecular weight excluding hydrogens is 276 g/mol. The summed E-state index contributed by atoms with van der Waals surface area (Å²) in [6.45, 7) is 9.06. The van der Waals surface area contributed by atoms with Gasteiger partial charge in [-0.2, -0.15) is 0 Å². The molecule has 2 aliphatic rings. The Balaban J connectivity index is 2.05. The van der Waals surface area contributed by atoms with Gasteiger partial charge in [-0.25, -0.2) is 9.59 Å². The van der Waals surface area contributed by atoms with Crippen LogP contribution in [-0.2, 0) is 28.5 Å². The molecule has 0 bridgehead atoms. The summed E-state index contributed by atoms with van der Waals surface area (Å²) in [6, 6.07) is 0. The summed E-state index contributed by atoms with van der Waals surface area (Å²) in [5.74, 6) is -0.439. The highest BCUT2D eigenvalue weighted by atomic mass is 16.8. The number of carbonyl (C=O) groups is 2. The molecule has 21 heavy (non-hydrogen) atoms. The number of hydrogen-bond donors (Lipinski definition) is 0. The summed E-state index contributed by atoms with van der Waals surface area (Å²) in [4.78, 5) is 24.2. The Kier molecular flexibility index (Phi) is 4.88. The number of hydrogen-bond acceptors (Lipinski definition) is 6.